The van der Waals surface area contributed by atoms with Crippen LogP contribution in [0.2, 0.25) is 10.0 Å². The number of hydrogen-bond donors (Lipinski definition) is 2. The number of rotatable bonds is 9. The Hall–Kier alpha value is -2.20. The maximum atomic E-state index is 12.6. The van der Waals surface area contributed by atoms with Crippen molar-refractivity contribution in [3.63, 3.8) is 0 Å². The maximum Gasteiger partial charge on any atom is 0.242 e. The van der Waals surface area contributed by atoms with Crippen LogP contribution in [0.5, 0.6) is 17.2 Å². The van der Waals surface area contributed by atoms with E-state index in [2.05, 4.69) is 10.0 Å². The van der Waals surface area contributed by atoms with Gasteiger partial charge in [-0.25, -0.2) is 8.42 Å². The molecule has 0 saturated heterocycles. The number of carbonyl (C=O) groups excluding carboxylic acids is 1. The third kappa shape index (κ3) is 5.69. The quantitative estimate of drug-likeness (QED) is 0.571. The Morgan fingerprint density at radius 2 is 1.67 bits per heavy atom. The molecule has 0 aromatic heterocycles. The first kappa shape index (κ1) is 24.1. The number of hydrogen-bond acceptors (Lipinski definition) is 6. The number of ether oxygens (including phenoxy) is 3. The fraction of sp³-hybridized carbons (Fsp3) is 0.316. The molecule has 0 saturated carbocycles. The van der Waals surface area contributed by atoms with Crippen LogP contribution in [-0.2, 0) is 14.8 Å². The Bertz CT molecular complexity index is 1030. The van der Waals surface area contributed by atoms with E-state index in [-0.39, 0.29) is 15.6 Å². The molecule has 0 unspecified atom stereocenters. The lowest BCUT2D eigenvalue weighted by atomic mass is 10.2. The molecule has 0 spiro atoms. The molecule has 11 heteroatoms. The third-order valence-corrected chi connectivity index (χ3v) is 6.10. The van der Waals surface area contributed by atoms with Gasteiger partial charge in [-0.15, -0.1) is 0 Å². The van der Waals surface area contributed by atoms with E-state index in [1.807, 2.05) is 0 Å². The molecule has 0 heterocycles. The third-order valence-electron chi connectivity index (χ3n) is 3.97. The van der Waals surface area contributed by atoms with Gasteiger partial charge >= 0.3 is 0 Å². The lowest BCUT2D eigenvalue weighted by molar-refractivity contribution is -0.117. The summed E-state index contributed by atoms with van der Waals surface area (Å²) in [6.07, 6.45) is 0. The lowest BCUT2D eigenvalue weighted by Crippen LogP contribution is -2.41. The number of amides is 1. The highest BCUT2D eigenvalue weighted by Crippen LogP contribution is 2.36. The largest absolute Gasteiger partial charge is 0.495 e. The SMILES string of the molecule is CCOc1ccc(S(=O)(=O)N[C@H](C)C(=O)Nc2cc(OC)c(Cl)cc2OC)cc1Cl. The van der Waals surface area contributed by atoms with Gasteiger partial charge in [0.1, 0.15) is 17.2 Å². The van der Waals surface area contributed by atoms with Crippen molar-refractivity contribution in [2.45, 2.75) is 24.8 Å². The molecule has 2 N–H and O–H groups in total. The van der Waals surface area contributed by atoms with E-state index < -0.39 is 22.0 Å². The molecule has 0 radical (unpaired) electrons. The lowest BCUT2D eigenvalue weighted by Gasteiger charge is -2.17. The highest BCUT2D eigenvalue weighted by atomic mass is 35.5. The van der Waals surface area contributed by atoms with Gasteiger partial charge in [-0.1, -0.05) is 23.2 Å². The van der Waals surface area contributed by atoms with E-state index in [0.717, 1.165) is 0 Å². The predicted molar refractivity (Wildman–Crippen MR) is 116 cm³/mol. The molecular formula is C19H22Cl2N2O6S. The van der Waals surface area contributed by atoms with Crippen LogP contribution < -0.4 is 24.2 Å². The van der Waals surface area contributed by atoms with Gasteiger partial charge in [0.2, 0.25) is 15.9 Å². The fourth-order valence-electron chi connectivity index (χ4n) is 2.47. The van der Waals surface area contributed by atoms with Gasteiger partial charge < -0.3 is 19.5 Å². The van der Waals surface area contributed by atoms with Crippen molar-refractivity contribution in [1.82, 2.24) is 4.72 Å². The van der Waals surface area contributed by atoms with Crippen LogP contribution in [0, 0.1) is 0 Å². The first-order valence-electron chi connectivity index (χ1n) is 8.80. The van der Waals surface area contributed by atoms with Crippen LogP contribution in [0.25, 0.3) is 0 Å². The number of anilines is 1. The number of benzene rings is 2. The summed E-state index contributed by atoms with van der Waals surface area (Å²) in [5.74, 6) is 0.374. The minimum atomic E-state index is -4.01. The Morgan fingerprint density at radius 1 is 1.03 bits per heavy atom. The van der Waals surface area contributed by atoms with E-state index in [4.69, 9.17) is 37.4 Å². The molecule has 2 rings (SSSR count). The Labute approximate surface area is 185 Å². The zero-order chi connectivity index (χ0) is 22.5. The van der Waals surface area contributed by atoms with Gasteiger partial charge in [-0.3, -0.25) is 4.79 Å². The molecule has 8 nitrogen and oxygen atoms in total. The van der Waals surface area contributed by atoms with Gasteiger partial charge in [0.25, 0.3) is 0 Å². The number of carbonyl (C=O) groups is 1. The van der Waals surface area contributed by atoms with Crippen molar-refractivity contribution < 1.29 is 27.4 Å². The van der Waals surface area contributed by atoms with Crippen molar-refractivity contribution in [2.75, 3.05) is 26.1 Å². The van der Waals surface area contributed by atoms with Crippen LogP contribution in [0.15, 0.2) is 35.2 Å². The molecule has 1 amide bonds. The predicted octanol–water partition coefficient (Wildman–Crippen LogP) is 3.71. The monoisotopic (exact) mass is 476 g/mol. The summed E-state index contributed by atoms with van der Waals surface area (Å²) in [7, 11) is -1.17. The van der Waals surface area contributed by atoms with Crippen molar-refractivity contribution in [3.8, 4) is 17.2 Å². The summed E-state index contributed by atoms with van der Waals surface area (Å²) in [4.78, 5) is 12.5. The molecule has 30 heavy (non-hydrogen) atoms. The number of halogens is 2. The summed E-state index contributed by atoms with van der Waals surface area (Å²) in [5, 5.41) is 3.05. The van der Waals surface area contributed by atoms with Crippen LogP contribution in [-0.4, -0.2) is 41.2 Å². The Balaban J connectivity index is 2.18. The van der Waals surface area contributed by atoms with Crippen LogP contribution in [0.3, 0.4) is 0 Å². The second-order valence-electron chi connectivity index (χ2n) is 6.04. The van der Waals surface area contributed by atoms with Crippen LogP contribution in [0.4, 0.5) is 5.69 Å². The normalized spacial score (nSPS) is 12.2. The Morgan fingerprint density at radius 3 is 2.23 bits per heavy atom. The van der Waals surface area contributed by atoms with Crippen molar-refractivity contribution in [1.29, 1.82) is 0 Å². The number of methoxy groups -OCH3 is 2. The van der Waals surface area contributed by atoms with Crippen molar-refractivity contribution in [2.24, 2.45) is 0 Å². The summed E-state index contributed by atoms with van der Waals surface area (Å²) < 4.78 is 43.2. The van der Waals surface area contributed by atoms with E-state index in [1.54, 1.807) is 6.92 Å². The average Bonchev–Trinajstić information content (AvgIpc) is 2.70. The van der Waals surface area contributed by atoms with E-state index in [9.17, 15) is 13.2 Å². The van der Waals surface area contributed by atoms with Gasteiger partial charge in [0.05, 0.1) is 47.5 Å². The Kier molecular flexibility index (Phi) is 8.19. The molecule has 1 atom stereocenters. The van der Waals surface area contributed by atoms with Crippen LogP contribution in [0.1, 0.15) is 13.8 Å². The van der Waals surface area contributed by atoms with E-state index in [1.165, 1.54) is 51.5 Å². The second kappa shape index (κ2) is 10.2. The molecule has 0 fully saturated rings. The molecule has 2 aromatic rings. The highest BCUT2D eigenvalue weighted by molar-refractivity contribution is 7.89. The first-order valence-corrected chi connectivity index (χ1v) is 11.0. The zero-order valence-corrected chi connectivity index (χ0v) is 19.1. The van der Waals surface area contributed by atoms with Crippen molar-refractivity contribution in [3.05, 3.63) is 40.4 Å². The molecule has 0 aliphatic rings. The van der Waals surface area contributed by atoms with Crippen LogP contribution >= 0.6 is 23.2 Å². The molecular weight excluding hydrogens is 455 g/mol. The average molecular weight is 477 g/mol. The first-order chi connectivity index (χ1) is 14.1. The zero-order valence-electron chi connectivity index (χ0n) is 16.8. The van der Waals surface area contributed by atoms with Gasteiger partial charge in [-0.05, 0) is 32.0 Å². The summed E-state index contributed by atoms with van der Waals surface area (Å²) in [6, 6.07) is 5.91. The molecule has 0 bridgehead atoms. The number of nitrogens with one attached hydrogen (secondary N) is 2. The highest BCUT2D eigenvalue weighted by Gasteiger charge is 2.24. The molecule has 2 aromatic carbocycles. The fourth-order valence-corrected chi connectivity index (χ4v) is 4.23. The minimum Gasteiger partial charge on any atom is -0.495 e. The maximum absolute atomic E-state index is 12.6. The summed E-state index contributed by atoms with van der Waals surface area (Å²) in [5.41, 5.74) is 0.277. The van der Waals surface area contributed by atoms with Crippen molar-refractivity contribution >= 4 is 44.8 Å². The minimum absolute atomic E-state index is 0.0960. The standard InChI is InChI=1S/C19H22Cl2N2O6S/c1-5-29-16-7-6-12(8-13(16)20)30(25,26)23-11(2)19(24)22-15-10-17(27-3)14(21)9-18(15)28-4/h6-11,23H,5H2,1-4H3,(H,22,24)/t11-/m1/s1. The van der Waals surface area contributed by atoms with Gasteiger partial charge in [0.15, 0.2) is 0 Å². The summed E-state index contributed by atoms with van der Waals surface area (Å²) in [6.45, 7) is 3.58. The van der Waals surface area contributed by atoms with E-state index in [0.29, 0.717) is 28.9 Å². The van der Waals surface area contributed by atoms with Gasteiger partial charge in [0, 0.05) is 12.1 Å². The molecule has 0 aliphatic heterocycles. The second-order valence-corrected chi connectivity index (χ2v) is 8.57. The topological polar surface area (TPSA) is 103 Å². The van der Waals surface area contributed by atoms with Gasteiger partial charge in [-0.2, -0.15) is 4.72 Å². The van der Waals surface area contributed by atoms with E-state index >= 15 is 0 Å². The molecule has 0 aliphatic carbocycles. The summed E-state index contributed by atoms with van der Waals surface area (Å²) >= 11 is 12.1. The number of sulfonamides is 1. The smallest absolute Gasteiger partial charge is 0.242 e. The molecule has 164 valence electrons.